The molecule has 0 aromatic carbocycles. The minimum Gasteiger partial charge on any atom is -0.356 e. The second kappa shape index (κ2) is 15.0. The van der Waals surface area contributed by atoms with E-state index < -0.39 is 0 Å². The monoisotopic (exact) mass is 372 g/mol. The van der Waals surface area contributed by atoms with Crippen molar-refractivity contribution in [2.45, 2.75) is 55.4 Å². The molecule has 2 unspecified atom stereocenters. The zero-order valence-electron chi connectivity index (χ0n) is 15.9. The van der Waals surface area contributed by atoms with E-state index in [2.05, 4.69) is 34.3 Å². The smallest absolute Gasteiger partial charge is 0.216 e. The number of carbonyl (C=O) groups is 2. The summed E-state index contributed by atoms with van der Waals surface area (Å²) in [5.74, 6) is 1.53. The third-order valence-electron chi connectivity index (χ3n) is 4.91. The number of likely N-dealkylation sites (tertiary alicyclic amines) is 2. The van der Waals surface area contributed by atoms with Crippen LogP contribution < -0.4 is 10.6 Å². The molecule has 2 amide bonds. The third-order valence-corrected chi connectivity index (χ3v) is 4.91. The van der Waals surface area contributed by atoms with Gasteiger partial charge in [0.05, 0.1) is 0 Å². The van der Waals surface area contributed by atoms with Crippen LogP contribution in [-0.2, 0) is 9.59 Å². The van der Waals surface area contributed by atoms with Gasteiger partial charge in [-0.15, -0.1) is 0 Å². The van der Waals surface area contributed by atoms with Gasteiger partial charge in [-0.2, -0.15) is 0 Å². The first-order chi connectivity index (χ1) is 11.4. The fourth-order valence-electron chi connectivity index (χ4n) is 3.31. The summed E-state index contributed by atoms with van der Waals surface area (Å²) in [5.41, 5.74) is 0. The van der Waals surface area contributed by atoms with E-state index in [0.29, 0.717) is 11.8 Å². The predicted octanol–water partition coefficient (Wildman–Crippen LogP) is 2.20. The van der Waals surface area contributed by atoms with Crippen LogP contribution in [0.5, 0.6) is 0 Å². The summed E-state index contributed by atoms with van der Waals surface area (Å²) >= 11 is 0. The van der Waals surface area contributed by atoms with Crippen molar-refractivity contribution < 1.29 is 9.59 Å². The van der Waals surface area contributed by atoms with Crippen LogP contribution in [0.25, 0.3) is 0 Å². The molecule has 2 aliphatic heterocycles. The highest BCUT2D eigenvalue weighted by Gasteiger charge is 2.21. The van der Waals surface area contributed by atoms with Crippen molar-refractivity contribution in [1.82, 2.24) is 20.4 Å². The van der Waals surface area contributed by atoms with Crippen LogP contribution in [0.2, 0.25) is 0 Å². The van der Waals surface area contributed by atoms with Crippen molar-refractivity contribution >= 4 is 11.8 Å². The maximum atomic E-state index is 10.6. The maximum Gasteiger partial charge on any atom is 0.216 e. The van der Waals surface area contributed by atoms with Gasteiger partial charge in [0.2, 0.25) is 11.8 Å². The minimum atomic E-state index is 0. The Balaban J connectivity index is 0. The topological polar surface area (TPSA) is 64.7 Å². The lowest BCUT2D eigenvalue weighted by atomic mass is 10.1. The maximum absolute atomic E-state index is 10.6. The summed E-state index contributed by atoms with van der Waals surface area (Å²) in [7, 11) is 0. The van der Waals surface area contributed by atoms with Gasteiger partial charge in [0.15, 0.2) is 0 Å². The first-order valence-corrected chi connectivity index (χ1v) is 9.38. The number of rotatable bonds is 6. The van der Waals surface area contributed by atoms with E-state index in [1.54, 1.807) is 13.8 Å². The van der Waals surface area contributed by atoms with Gasteiger partial charge in [-0.05, 0) is 50.9 Å². The zero-order valence-corrected chi connectivity index (χ0v) is 15.9. The van der Waals surface area contributed by atoms with Crippen LogP contribution in [0, 0.1) is 11.8 Å². The van der Waals surface area contributed by atoms with Crippen LogP contribution in [0.4, 0.5) is 0 Å². The summed E-state index contributed by atoms with van der Waals surface area (Å²) in [6, 6.07) is 0. The second-order valence-corrected chi connectivity index (χ2v) is 6.97. The fourth-order valence-corrected chi connectivity index (χ4v) is 3.31. The Morgan fingerprint density at radius 2 is 1.15 bits per heavy atom. The SMILES string of the molecule is C.C.CCN1CCC(CNC(C)=O)C1.CCN1CCC(CNC(C)=O)C1. The molecule has 0 saturated carbocycles. The Bertz CT molecular complexity index is 354. The average molecular weight is 373 g/mol. The number of carbonyl (C=O) groups excluding carboxylic acids is 2. The summed E-state index contributed by atoms with van der Waals surface area (Å²) < 4.78 is 0. The molecule has 156 valence electrons. The first-order valence-electron chi connectivity index (χ1n) is 9.38. The molecule has 2 aliphatic rings. The lowest BCUT2D eigenvalue weighted by molar-refractivity contribution is -0.120. The molecule has 0 bridgehead atoms. The van der Waals surface area contributed by atoms with Crippen molar-refractivity contribution in [3.63, 3.8) is 0 Å². The van der Waals surface area contributed by atoms with Crippen molar-refractivity contribution in [3.05, 3.63) is 0 Å². The van der Waals surface area contributed by atoms with Crippen molar-refractivity contribution in [1.29, 1.82) is 0 Å². The Morgan fingerprint density at radius 1 is 0.808 bits per heavy atom. The summed E-state index contributed by atoms with van der Waals surface area (Å²) in [6.45, 7) is 16.2. The van der Waals surface area contributed by atoms with Gasteiger partial charge in [0, 0.05) is 40.0 Å². The molecule has 2 heterocycles. The quantitative estimate of drug-likeness (QED) is 0.750. The van der Waals surface area contributed by atoms with Gasteiger partial charge in [0.25, 0.3) is 0 Å². The number of nitrogens with zero attached hydrogens (tertiary/aromatic N) is 2. The molecule has 2 fully saturated rings. The molecule has 0 aliphatic carbocycles. The number of hydrogen-bond acceptors (Lipinski definition) is 4. The van der Waals surface area contributed by atoms with E-state index in [-0.39, 0.29) is 26.7 Å². The van der Waals surface area contributed by atoms with Crippen molar-refractivity contribution in [2.75, 3.05) is 52.4 Å². The Labute approximate surface area is 162 Å². The van der Waals surface area contributed by atoms with Gasteiger partial charge in [-0.25, -0.2) is 0 Å². The van der Waals surface area contributed by atoms with Crippen molar-refractivity contribution in [2.24, 2.45) is 11.8 Å². The molecule has 0 spiro atoms. The van der Waals surface area contributed by atoms with E-state index in [1.165, 1.54) is 25.9 Å². The highest BCUT2D eigenvalue weighted by molar-refractivity contribution is 5.73. The van der Waals surface area contributed by atoms with Crippen LogP contribution in [0.15, 0.2) is 0 Å². The molecule has 2 atom stereocenters. The van der Waals surface area contributed by atoms with Gasteiger partial charge >= 0.3 is 0 Å². The molecule has 2 N–H and O–H groups in total. The van der Waals surface area contributed by atoms with Gasteiger partial charge in [0.1, 0.15) is 0 Å². The molecular weight excluding hydrogens is 328 g/mol. The number of amides is 2. The fraction of sp³-hybridized carbons (Fsp3) is 0.900. The van der Waals surface area contributed by atoms with Gasteiger partial charge < -0.3 is 20.4 Å². The first kappa shape index (κ1) is 27.1. The molecule has 2 saturated heterocycles. The van der Waals surface area contributed by atoms with Gasteiger partial charge in [-0.3, -0.25) is 9.59 Å². The summed E-state index contributed by atoms with van der Waals surface area (Å²) in [6.07, 6.45) is 2.46. The average Bonchev–Trinajstić information content (AvgIpc) is 3.20. The highest BCUT2D eigenvalue weighted by atomic mass is 16.2. The molecule has 26 heavy (non-hydrogen) atoms. The highest BCUT2D eigenvalue weighted by Crippen LogP contribution is 2.14. The Kier molecular flexibility index (Phi) is 15.6. The third kappa shape index (κ3) is 11.5. The largest absolute Gasteiger partial charge is 0.356 e. The second-order valence-electron chi connectivity index (χ2n) is 6.97. The normalized spacial score (nSPS) is 22.5. The predicted molar refractivity (Wildman–Crippen MR) is 111 cm³/mol. The van der Waals surface area contributed by atoms with Gasteiger partial charge in [-0.1, -0.05) is 28.7 Å². The summed E-state index contributed by atoms with van der Waals surface area (Å²) in [4.78, 5) is 26.1. The Hall–Kier alpha value is -1.14. The minimum absolute atomic E-state index is 0. The van der Waals surface area contributed by atoms with Crippen molar-refractivity contribution in [3.8, 4) is 0 Å². The van der Waals surface area contributed by atoms with Crippen LogP contribution in [0.3, 0.4) is 0 Å². The van der Waals surface area contributed by atoms with Crippen LogP contribution >= 0.6 is 0 Å². The van der Waals surface area contributed by atoms with Crippen LogP contribution in [0.1, 0.15) is 55.4 Å². The lowest BCUT2D eigenvalue weighted by Crippen LogP contribution is -2.29. The molecule has 0 aromatic heterocycles. The molecule has 2 rings (SSSR count). The summed E-state index contributed by atoms with van der Waals surface area (Å²) in [5, 5.41) is 5.73. The molecule has 0 radical (unpaired) electrons. The standard InChI is InChI=1S/2C9H18N2O.2CH4/c2*1-3-11-5-4-9(7-11)6-10-8(2)12;;/h2*9H,3-7H2,1-2H3,(H,10,12);2*1H4. The van der Waals surface area contributed by atoms with E-state index in [1.807, 2.05) is 0 Å². The van der Waals surface area contributed by atoms with E-state index in [0.717, 1.165) is 39.3 Å². The molecular formula is C20H44N4O2. The van der Waals surface area contributed by atoms with E-state index in [9.17, 15) is 9.59 Å². The lowest BCUT2D eigenvalue weighted by Gasteiger charge is -2.12. The molecule has 0 aromatic rings. The molecule has 6 heteroatoms. The van der Waals surface area contributed by atoms with Crippen LogP contribution in [-0.4, -0.2) is 74.0 Å². The van der Waals surface area contributed by atoms with E-state index in [4.69, 9.17) is 0 Å². The zero-order chi connectivity index (χ0) is 17.9. The number of nitrogens with one attached hydrogen (secondary N) is 2. The Morgan fingerprint density at radius 3 is 1.38 bits per heavy atom. The number of hydrogen-bond donors (Lipinski definition) is 2. The molecule has 6 nitrogen and oxygen atoms in total. The van der Waals surface area contributed by atoms with E-state index >= 15 is 0 Å².